The molecule has 176 valence electrons. The first-order valence-corrected chi connectivity index (χ1v) is 13.5. The lowest BCUT2D eigenvalue weighted by Gasteiger charge is -2.21. The van der Waals surface area contributed by atoms with E-state index in [9.17, 15) is 22.8 Å². The van der Waals surface area contributed by atoms with Crippen molar-refractivity contribution in [3.63, 3.8) is 0 Å². The maximum atomic E-state index is 13.0. The van der Waals surface area contributed by atoms with Crippen molar-refractivity contribution in [2.24, 2.45) is 0 Å². The molecule has 0 fully saturated rings. The third-order valence-electron chi connectivity index (χ3n) is 5.83. The highest BCUT2D eigenvalue weighted by atomic mass is 32.2. The molecule has 0 unspecified atom stereocenters. The summed E-state index contributed by atoms with van der Waals surface area (Å²) in [4.78, 5) is 40.8. The van der Waals surface area contributed by atoms with Gasteiger partial charge in [-0.2, -0.15) is 0 Å². The van der Waals surface area contributed by atoms with Gasteiger partial charge >= 0.3 is 5.97 Å². The average molecular weight is 491 g/mol. The number of nitrogens with one attached hydrogen (secondary N) is 1. The summed E-state index contributed by atoms with van der Waals surface area (Å²) in [6.07, 6.45) is 4.48. The SMILES string of the molecule is CCOC(=O)c1c(NC(=O)CN2C(=O)CCS(=O)(=O)c3ccccc32)sc2c1CCCCC2. The molecule has 0 spiro atoms. The number of hydrogen-bond donors (Lipinski definition) is 1. The van der Waals surface area contributed by atoms with Gasteiger partial charge in [0.2, 0.25) is 11.8 Å². The highest BCUT2D eigenvalue weighted by Gasteiger charge is 2.32. The molecule has 2 heterocycles. The van der Waals surface area contributed by atoms with Crippen LogP contribution in [0.3, 0.4) is 0 Å². The summed E-state index contributed by atoms with van der Waals surface area (Å²) >= 11 is 1.38. The maximum Gasteiger partial charge on any atom is 0.341 e. The number of carbonyl (C=O) groups is 3. The molecule has 8 nitrogen and oxygen atoms in total. The number of para-hydroxylation sites is 1. The molecule has 0 saturated carbocycles. The van der Waals surface area contributed by atoms with Crippen LogP contribution in [-0.2, 0) is 37.0 Å². The number of anilines is 2. The second kappa shape index (κ2) is 9.64. The molecule has 1 N–H and O–H groups in total. The van der Waals surface area contributed by atoms with Gasteiger partial charge < -0.3 is 15.0 Å². The molecule has 0 atom stereocenters. The molecule has 4 rings (SSSR count). The molecule has 1 aliphatic heterocycles. The van der Waals surface area contributed by atoms with E-state index in [1.807, 2.05) is 0 Å². The number of carbonyl (C=O) groups excluding carboxylic acids is 3. The highest BCUT2D eigenvalue weighted by molar-refractivity contribution is 7.91. The molecular formula is C23H26N2O6S2. The lowest BCUT2D eigenvalue weighted by Crippen LogP contribution is -2.38. The van der Waals surface area contributed by atoms with Crippen molar-refractivity contribution in [2.75, 3.05) is 29.1 Å². The van der Waals surface area contributed by atoms with E-state index in [2.05, 4.69) is 5.32 Å². The van der Waals surface area contributed by atoms with Crippen molar-refractivity contribution >= 4 is 49.6 Å². The molecule has 1 aliphatic carbocycles. The Morgan fingerprint density at radius 3 is 2.67 bits per heavy atom. The van der Waals surface area contributed by atoms with Crippen LogP contribution in [0.15, 0.2) is 29.2 Å². The molecular weight excluding hydrogens is 464 g/mol. The number of hydrogen-bond acceptors (Lipinski definition) is 7. The van der Waals surface area contributed by atoms with Gasteiger partial charge in [-0.15, -0.1) is 11.3 Å². The van der Waals surface area contributed by atoms with Crippen LogP contribution in [0.4, 0.5) is 10.7 Å². The smallest absolute Gasteiger partial charge is 0.341 e. The van der Waals surface area contributed by atoms with Gasteiger partial charge in [-0.1, -0.05) is 18.6 Å². The quantitative estimate of drug-likeness (QED) is 0.509. The minimum Gasteiger partial charge on any atom is -0.462 e. The molecule has 1 aromatic carbocycles. The largest absolute Gasteiger partial charge is 0.462 e. The van der Waals surface area contributed by atoms with E-state index in [0.717, 1.165) is 42.5 Å². The normalized spacial score (nSPS) is 17.4. The van der Waals surface area contributed by atoms with Crippen molar-refractivity contribution in [3.8, 4) is 0 Å². The number of thiophene rings is 1. The van der Waals surface area contributed by atoms with Crippen LogP contribution in [-0.4, -0.2) is 45.1 Å². The Hall–Kier alpha value is -2.72. The van der Waals surface area contributed by atoms with Crippen LogP contribution in [0.25, 0.3) is 0 Å². The van der Waals surface area contributed by atoms with Crippen LogP contribution in [0.1, 0.15) is 53.4 Å². The van der Waals surface area contributed by atoms with Gasteiger partial charge in [-0.3, -0.25) is 9.59 Å². The van der Waals surface area contributed by atoms with E-state index in [4.69, 9.17) is 4.74 Å². The minimum absolute atomic E-state index is 0.0405. The second-order valence-corrected chi connectivity index (χ2v) is 11.2. The van der Waals surface area contributed by atoms with Gasteiger partial charge in [-0.05, 0) is 50.3 Å². The molecule has 1 aromatic heterocycles. The van der Waals surface area contributed by atoms with Crippen LogP contribution in [0, 0.1) is 0 Å². The molecule has 10 heteroatoms. The van der Waals surface area contributed by atoms with Crippen LogP contribution < -0.4 is 10.2 Å². The third kappa shape index (κ3) is 4.81. The zero-order valence-electron chi connectivity index (χ0n) is 18.4. The van der Waals surface area contributed by atoms with Crippen LogP contribution in [0.2, 0.25) is 0 Å². The van der Waals surface area contributed by atoms with Crippen LogP contribution >= 0.6 is 11.3 Å². The standard InChI is InChI=1S/C23H26N2O6S2/c1-2-31-23(28)21-15-8-4-3-5-10-17(15)32-22(21)24-19(26)14-25-16-9-6-7-11-18(16)33(29,30)13-12-20(25)27/h6-7,9,11H,2-5,8,10,12-14H2,1H3,(H,24,26). The third-order valence-corrected chi connectivity index (χ3v) is 8.80. The monoisotopic (exact) mass is 490 g/mol. The Balaban J connectivity index is 1.63. The molecule has 2 aromatic rings. The van der Waals surface area contributed by atoms with E-state index in [1.54, 1.807) is 19.1 Å². The van der Waals surface area contributed by atoms with Gasteiger partial charge in [0, 0.05) is 11.3 Å². The maximum absolute atomic E-state index is 13.0. The first-order valence-electron chi connectivity index (χ1n) is 11.1. The topological polar surface area (TPSA) is 110 Å². The fourth-order valence-electron chi connectivity index (χ4n) is 4.28. The molecule has 2 amide bonds. The number of aryl methyl sites for hydroxylation is 1. The molecule has 0 bridgehead atoms. The Kier molecular flexibility index (Phi) is 6.85. The number of benzene rings is 1. The van der Waals surface area contributed by atoms with E-state index in [-0.39, 0.29) is 35.9 Å². The van der Waals surface area contributed by atoms with Gasteiger partial charge in [0.05, 0.1) is 28.5 Å². The number of amides is 2. The number of fused-ring (bicyclic) bond motifs is 2. The van der Waals surface area contributed by atoms with E-state index in [1.165, 1.54) is 28.4 Å². The predicted molar refractivity (Wildman–Crippen MR) is 126 cm³/mol. The molecule has 0 saturated heterocycles. The minimum atomic E-state index is -3.62. The fraction of sp³-hybridized carbons (Fsp3) is 0.435. The Morgan fingerprint density at radius 1 is 1.12 bits per heavy atom. The molecule has 33 heavy (non-hydrogen) atoms. The second-order valence-electron chi connectivity index (χ2n) is 8.05. The fourth-order valence-corrected chi connectivity index (χ4v) is 7.02. The van der Waals surface area contributed by atoms with Crippen molar-refractivity contribution in [3.05, 3.63) is 40.3 Å². The van der Waals surface area contributed by atoms with Crippen LogP contribution in [0.5, 0.6) is 0 Å². The zero-order valence-corrected chi connectivity index (χ0v) is 20.0. The number of nitrogens with zero attached hydrogens (tertiary/aromatic N) is 1. The molecule has 0 radical (unpaired) electrons. The first kappa shape index (κ1) is 23.4. The Morgan fingerprint density at radius 2 is 1.88 bits per heavy atom. The number of rotatable bonds is 5. The summed E-state index contributed by atoms with van der Waals surface area (Å²) in [6.45, 7) is 1.61. The highest BCUT2D eigenvalue weighted by Crippen LogP contribution is 2.38. The number of sulfone groups is 1. The number of esters is 1. The summed E-state index contributed by atoms with van der Waals surface area (Å²) in [6, 6.07) is 6.20. The lowest BCUT2D eigenvalue weighted by molar-refractivity contribution is -0.121. The van der Waals surface area contributed by atoms with Crippen molar-refractivity contribution < 1.29 is 27.5 Å². The van der Waals surface area contributed by atoms with Gasteiger partial charge in [0.1, 0.15) is 11.5 Å². The number of ether oxygens (including phenoxy) is 1. The molecule has 2 aliphatic rings. The Labute approximate surface area is 196 Å². The summed E-state index contributed by atoms with van der Waals surface area (Å²) < 4.78 is 30.4. The van der Waals surface area contributed by atoms with Crippen molar-refractivity contribution in [1.29, 1.82) is 0 Å². The van der Waals surface area contributed by atoms with Crippen molar-refractivity contribution in [1.82, 2.24) is 0 Å². The van der Waals surface area contributed by atoms with E-state index >= 15 is 0 Å². The average Bonchev–Trinajstić information content (AvgIpc) is 2.90. The van der Waals surface area contributed by atoms with E-state index in [0.29, 0.717) is 10.6 Å². The van der Waals surface area contributed by atoms with Crippen molar-refractivity contribution in [2.45, 2.75) is 50.3 Å². The van der Waals surface area contributed by atoms with Gasteiger partial charge in [-0.25, -0.2) is 13.2 Å². The Bertz CT molecular complexity index is 1200. The van der Waals surface area contributed by atoms with Gasteiger partial charge in [0.15, 0.2) is 9.84 Å². The summed E-state index contributed by atoms with van der Waals surface area (Å²) in [7, 11) is -3.62. The summed E-state index contributed by atoms with van der Waals surface area (Å²) in [5, 5.41) is 3.23. The zero-order chi connectivity index (χ0) is 23.6. The first-order chi connectivity index (χ1) is 15.8. The van der Waals surface area contributed by atoms with E-state index < -0.39 is 27.6 Å². The summed E-state index contributed by atoms with van der Waals surface area (Å²) in [5.41, 5.74) is 1.54. The predicted octanol–water partition coefficient (Wildman–Crippen LogP) is 3.34. The summed E-state index contributed by atoms with van der Waals surface area (Å²) in [5.74, 6) is -1.70. The van der Waals surface area contributed by atoms with Gasteiger partial charge in [0.25, 0.3) is 0 Å². The lowest BCUT2D eigenvalue weighted by atomic mass is 10.1.